The fourth-order valence-electron chi connectivity index (χ4n) is 4.66. The number of rotatable bonds is 5. The Balaban J connectivity index is 1.50. The summed E-state index contributed by atoms with van der Waals surface area (Å²) in [7, 11) is 1.64. The van der Waals surface area contributed by atoms with E-state index < -0.39 is 17.6 Å². The van der Waals surface area contributed by atoms with Gasteiger partial charge in [0.05, 0.1) is 31.0 Å². The largest absolute Gasteiger partial charge is 0.495 e. The number of amidine groups is 1. The van der Waals surface area contributed by atoms with Crippen molar-refractivity contribution in [3.8, 4) is 11.4 Å². The smallest absolute Gasteiger partial charge is 0.264 e. The molecule has 1 aromatic carbocycles. The Hall–Kier alpha value is -3.72. The van der Waals surface area contributed by atoms with Crippen molar-refractivity contribution in [2.75, 3.05) is 13.7 Å². The average Bonchev–Trinajstić information content (AvgIpc) is 3.44. The summed E-state index contributed by atoms with van der Waals surface area (Å²) in [6, 6.07) is 7.29. The quantitative estimate of drug-likeness (QED) is 0.620. The summed E-state index contributed by atoms with van der Waals surface area (Å²) in [5, 5.41) is 15.1. The molecule has 176 valence electrons. The molecule has 0 aliphatic carbocycles. The Morgan fingerprint density at radius 3 is 2.85 bits per heavy atom. The molecule has 0 amide bonds. The van der Waals surface area contributed by atoms with E-state index >= 15 is 0 Å². The first kappa shape index (κ1) is 22.1. The number of benzene rings is 1. The molecular formula is C25H26FN5O3. The zero-order valence-corrected chi connectivity index (χ0v) is 19.3. The normalized spacial score (nSPS) is 21.7. The number of aromatic nitrogens is 3. The highest BCUT2D eigenvalue weighted by molar-refractivity contribution is 6.03. The molecule has 0 spiro atoms. The number of halogens is 1. The van der Waals surface area contributed by atoms with Crippen LogP contribution in [0.1, 0.15) is 36.6 Å². The number of aliphatic hydroxyl groups excluding tert-OH is 1. The summed E-state index contributed by atoms with van der Waals surface area (Å²) in [5.74, 6) is 0.848. The molecule has 0 saturated carbocycles. The van der Waals surface area contributed by atoms with Crippen LogP contribution in [0.15, 0.2) is 59.9 Å². The number of aliphatic hydroxyl groups is 1. The van der Waals surface area contributed by atoms with Gasteiger partial charge in [-0.2, -0.15) is 0 Å². The number of imidazole rings is 1. The predicted molar refractivity (Wildman–Crippen MR) is 125 cm³/mol. The van der Waals surface area contributed by atoms with Gasteiger partial charge in [-0.3, -0.25) is 4.98 Å². The Labute approximate surface area is 197 Å². The van der Waals surface area contributed by atoms with Crippen molar-refractivity contribution < 1.29 is 19.1 Å². The van der Waals surface area contributed by atoms with Crippen molar-refractivity contribution >= 4 is 11.9 Å². The lowest BCUT2D eigenvalue weighted by atomic mass is 9.92. The predicted octanol–water partition coefficient (Wildman–Crippen LogP) is 3.78. The van der Waals surface area contributed by atoms with E-state index in [9.17, 15) is 9.50 Å². The number of aryl methyl sites for hydroxylation is 1. The van der Waals surface area contributed by atoms with Crippen molar-refractivity contribution in [2.24, 2.45) is 5.16 Å². The van der Waals surface area contributed by atoms with Crippen LogP contribution < -0.4 is 4.74 Å². The SMILES string of the molecule is COc1cc(/C=C2\CCCN3C2=NOC3(c2cncc(F)c2)C(C)O)ccc1-n1cnc(C)c1. The van der Waals surface area contributed by atoms with Gasteiger partial charge in [-0.15, -0.1) is 0 Å². The van der Waals surface area contributed by atoms with E-state index in [0.29, 0.717) is 23.7 Å². The maximum Gasteiger partial charge on any atom is 0.264 e. The Morgan fingerprint density at radius 1 is 1.29 bits per heavy atom. The number of ether oxygens (including phenoxy) is 1. The molecule has 2 aliphatic heterocycles. The van der Waals surface area contributed by atoms with Gasteiger partial charge in [0.2, 0.25) is 0 Å². The third-order valence-corrected chi connectivity index (χ3v) is 6.26. The highest BCUT2D eigenvalue weighted by Gasteiger charge is 2.53. The number of hydrogen-bond acceptors (Lipinski definition) is 7. The molecule has 2 atom stereocenters. The van der Waals surface area contributed by atoms with Crippen molar-refractivity contribution in [1.82, 2.24) is 19.4 Å². The second-order valence-corrected chi connectivity index (χ2v) is 8.55. The second-order valence-electron chi connectivity index (χ2n) is 8.55. The lowest BCUT2D eigenvalue weighted by Gasteiger charge is -2.41. The number of pyridine rings is 1. The van der Waals surface area contributed by atoms with Crippen LogP contribution in [0.4, 0.5) is 4.39 Å². The van der Waals surface area contributed by atoms with Crippen molar-refractivity contribution in [3.05, 3.63) is 77.4 Å². The van der Waals surface area contributed by atoms with Crippen molar-refractivity contribution in [2.45, 2.75) is 38.5 Å². The number of piperidine rings is 1. The molecular weight excluding hydrogens is 437 g/mol. The fourth-order valence-corrected chi connectivity index (χ4v) is 4.66. The number of hydrogen-bond donors (Lipinski definition) is 1. The second kappa shape index (κ2) is 8.57. The zero-order valence-electron chi connectivity index (χ0n) is 19.3. The first-order valence-corrected chi connectivity index (χ1v) is 11.1. The molecule has 0 radical (unpaired) electrons. The van der Waals surface area contributed by atoms with E-state index in [1.54, 1.807) is 20.4 Å². The van der Waals surface area contributed by atoms with E-state index in [-0.39, 0.29) is 0 Å². The number of nitrogens with zero attached hydrogens (tertiary/aromatic N) is 5. The molecule has 0 bridgehead atoms. The minimum atomic E-state index is -1.33. The summed E-state index contributed by atoms with van der Waals surface area (Å²) in [6.45, 7) is 4.16. The average molecular weight is 464 g/mol. The first-order valence-electron chi connectivity index (χ1n) is 11.1. The van der Waals surface area contributed by atoms with Gasteiger partial charge in [0.1, 0.15) is 17.7 Å². The summed E-state index contributed by atoms with van der Waals surface area (Å²) in [6.07, 6.45) is 9.02. The van der Waals surface area contributed by atoms with E-state index in [0.717, 1.165) is 41.6 Å². The number of fused-ring (bicyclic) bond motifs is 1. The Bertz CT molecular complexity index is 1290. The van der Waals surface area contributed by atoms with Crippen LogP contribution in [-0.4, -0.2) is 50.1 Å². The summed E-state index contributed by atoms with van der Waals surface area (Å²) in [4.78, 5) is 16.0. The third-order valence-electron chi connectivity index (χ3n) is 6.26. The molecule has 5 rings (SSSR count). The molecule has 2 unspecified atom stereocenters. The minimum absolute atomic E-state index is 0.421. The topological polar surface area (TPSA) is 85.0 Å². The fraction of sp³-hybridized carbons (Fsp3) is 0.320. The zero-order chi connectivity index (χ0) is 23.9. The highest BCUT2D eigenvalue weighted by atomic mass is 19.1. The van der Waals surface area contributed by atoms with Gasteiger partial charge in [0.15, 0.2) is 5.84 Å². The lowest BCUT2D eigenvalue weighted by Crippen LogP contribution is -2.54. The molecule has 1 N–H and O–H groups in total. The van der Waals surface area contributed by atoms with Gasteiger partial charge in [0, 0.05) is 24.5 Å². The van der Waals surface area contributed by atoms with Crippen LogP contribution >= 0.6 is 0 Å². The maximum absolute atomic E-state index is 14.0. The molecule has 1 saturated heterocycles. The van der Waals surface area contributed by atoms with Gasteiger partial charge in [-0.1, -0.05) is 11.2 Å². The maximum atomic E-state index is 14.0. The molecule has 4 heterocycles. The minimum Gasteiger partial charge on any atom is -0.495 e. The van der Waals surface area contributed by atoms with Gasteiger partial charge in [-0.05, 0) is 62.1 Å². The lowest BCUT2D eigenvalue weighted by molar-refractivity contribution is -0.173. The summed E-state index contributed by atoms with van der Waals surface area (Å²) < 4.78 is 21.5. The summed E-state index contributed by atoms with van der Waals surface area (Å²) >= 11 is 0. The highest BCUT2D eigenvalue weighted by Crippen LogP contribution is 2.42. The van der Waals surface area contributed by atoms with E-state index in [1.807, 2.05) is 46.9 Å². The van der Waals surface area contributed by atoms with Crippen LogP contribution in [0.3, 0.4) is 0 Å². The molecule has 9 heteroatoms. The van der Waals surface area contributed by atoms with E-state index in [2.05, 4.69) is 15.1 Å². The van der Waals surface area contributed by atoms with Crippen LogP contribution in [0.25, 0.3) is 11.8 Å². The molecule has 2 aliphatic rings. The molecule has 8 nitrogen and oxygen atoms in total. The van der Waals surface area contributed by atoms with Crippen LogP contribution in [0.2, 0.25) is 0 Å². The standard InChI is InChI=1S/C25H26FN5O3/c1-16-14-30(15-28-16)22-7-6-18(10-23(22)33-3)9-19-5-4-8-31-24(19)29-34-25(31,17(2)32)20-11-21(26)13-27-12-20/h6-7,9-15,17,32H,4-5,8H2,1-3H3/b19-9+. The molecule has 34 heavy (non-hydrogen) atoms. The molecule has 3 aromatic rings. The molecule has 1 fully saturated rings. The third kappa shape index (κ3) is 3.62. The van der Waals surface area contributed by atoms with Crippen LogP contribution in [0, 0.1) is 12.7 Å². The molecule has 2 aromatic heterocycles. The Morgan fingerprint density at radius 2 is 2.15 bits per heavy atom. The van der Waals surface area contributed by atoms with Crippen LogP contribution in [-0.2, 0) is 10.6 Å². The van der Waals surface area contributed by atoms with Crippen molar-refractivity contribution in [1.29, 1.82) is 0 Å². The van der Waals surface area contributed by atoms with E-state index in [4.69, 9.17) is 9.57 Å². The van der Waals surface area contributed by atoms with Gasteiger partial charge < -0.3 is 24.1 Å². The monoisotopic (exact) mass is 463 g/mol. The number of methoxy groups -OCH3 is 1. The first-order chi connectivity index (χ1) is 16.4. The van der Waals surface area contributed by atoms with Crippen LogP contribution in [0.5, 0.6) is 5.75 Å². The van der Waals surface area contributed by atoms with Gasteiger partial charge in [-0.25, -0.2) is 9.37 Å². The van der Waals surface area contributed by atoms with Crippen molar-refractivity contribution in [3.63, 3.8) is 0 Å². The van der Waals surface area contributed by atoms with Gasteiger partial charge >= 0.3 is 0 Å². The Kier molecular flexibility index (Phi) is 5.57. The van der Waals surface area contributed by atoms with E-state index in [1.165, 1.54) is 12.3 Å². The summed E-state index contributed by atoms with van der Waals surface area (Å²) in [5.41, 5.74) is 2.81. The van der Waals surface area contributed by atoms with Gasteiger partial charge in [0.25, 0.3) is 5.72 Å². The number of oxime groups is 1.